The van der Waals surface area contributed by atoms with E-state index in [-0.39, 0.29) is 17.5 Å². The highest BCUT2D eigenvalue weighted by atomic mass is 35.5. The number of hydrogen-bond donors (Lipinski definition) is 0. The van der Waals surface area contributed by atoms with Crippen LogP contribution in [0.2, 0.25) is 5.02 Å². The minimum atomic E-state index is -0.645. The molecule has 0 radical (unpaired) electrons. The maximum atomic E-state index is 13.0. The van der Waals surface area contributed by atoms with Crippen LogP contribution in [0.4, 0.5) is 0 Å². The van der Waals surface area contributed by atoms with Crippen molar-refractivity contribution < 1.29 is 14.3 Å². The van der Waals surface area contributed by atoms with Crippen molar-refractivity contribution in [2.75, 3.05) is 19.6 Å². The SMILES string of the molecule is CC(=O)N1Cc2ccccc2OC2(CCCN(C(=O)c3nn(C)cc3Cl)C2)C1. The number of benzene rings is 1. The Labute approximate surface area is 168 Å². The fourth-order valence-electron chi connectivity index (χ4n) is 4.07. The summed E-state index contributed by atoms with van der Waals surface area (Å²) in [5, 5.41) is 4.54. The summed E-state index contributed by atoms with van der Waals surface area (Å²) < 4.78 is 8.00. The molecule has 1 atom stereocenters. The Balaban J connectivity index is 1.65. The van der Waals surface area contributed by atoms with Crippen molar-refractivity contribution in [3.05, 3.63) is 46.7 Å². The number of fused-ring (bicyclic) bond motifs is 1. The van der Waals surface area contributed by atoms with Crippen molar-refractivity contribution in [2.45, 2.75) is 31.9 Å². The van der Waals surface area contributed by atoms with E-state index < -0.39 is 5.60 Å². The second-order valence-electron chi connectivity index (χ2n) is 7.60. The zero-order valence-electron chi connectivity index (χ0n) is 16.0. The number of aryl methyl sites for hydroxylation is 1. The van der Waals surface area contributed by atoms with Crippen LogP contribution in [0.1, 0.15) is 35.8 Å². The molecule has 0 aliphatic carbocycles. The van der Waals surface area contributed by atoms with Crippen LogP contribution in [0.5, 0.6) is 5.75 Å². The van der Waals surface area contributed by atoms with E-state index in [0.29, 0.717) is 31.2 Å². The molecule has 0 N–H and O–H groups in total. The predicted molar refractivity (Wildman–Crippen MR) is 104 cm³/mol. The van der Waals surface area contributed by atoms with Gasteiger partial charge in [-0.1, -0.05) is 29.8 Å². The zero-order valence-corrected chi connectivity index (χ0v) is 16.8. The van der Waals surface area contributed by atoms with Gasteiger partial charge >= 0.3 is 0 Å². The largest absolute Gasteiger partial charge is 0.483 e. The molecule has 1 unspecified atom stereocenters. The highest BCUT2D eigenvalue weighted by Gasteiger charge is 2.44. The maximum Gasteiger partial charge on any atom is 0.276 e. The van der Waals surface area contributed by atoms with Gasteiger partial charge in [0.2, 0.25) is 5.91 Å². The molecule has 2 amide bonds. The van der Waals surface area contributed by atoms with Gasteiger partial charge in [-0.15, -0.1) is 0 Å². The summed E-state index contributed by atoms with van der Waals surface area (Å²) >= 11 is 6.18. The predicted octanol–water partition coefficient (Wildman–Crippen LogP) is 2.49. The first kappa shape index (κ1) is 18.8. The highest BCUT2D eigenvalue weighted by Crippen LogP contribution is 2.35. The quantitative estimate of drug-likeness (QED) is 0.735. The molecule has 1 aromatic heterocycles. The van der Waals surface area contributed by atoms with Crippen LogP contribution in [-0.2, 0) is 18.4 Å². The lowest BCUT2D eigenvalue weighted by atomic mass is 9.91. The van der Waals surface area contributed by atoms with Gasteiger partial charge < -0.3 is 14.5 Å². The number of rotatable bonds is 1. The number of carbonyl (C=O) groups excluding carboxylic acids is 2. The summed E-state index contributed by atoms with van der Waals surface area (Å²) in [5.74, 6) is 0.562. The number of amides is 2. The van der Waals surface area contributed by atoms with E-state index in [1.165, 1.54) is 4.68 Å². The molecule has 0 saturated carbocycles. The molecular weight excluding hydrogens is 380 g/mol. The average molecular weight is 403 g/mol. The summed E-state index contributed by atoms with van der Waals surface area (Å²) in [6, 6.07) is 7.77. The van der Waals surface area contributed by atoms with Crippen LogP contribution in [0, 0.1) is 0 Å². The monoisotopic (exact) mass is 402 g/mol. The standard InChI is InChI=1S/C20H23ClN4O3/c1-14(26)25-10-15-6-3-4-7-17(15)28-20(13-25)8-5-9-24(12-20)19(27)18-16(21)11-23(2)22-18/h3-4,6-7,11H,5,8-10,12-13H2,1-2H3. The molecule has 7 nitrogen and oxygen atoms in total. The first-order valence-electron chi connectivity index (χ1n) is 9.38. The number of hydrogen-bond acceptors (Lipinski definition) is 4. The van der Waals surface area contributed by atoms with E-state index in [1.54, 1.807) is 30.0 Å². The zero-order chi connectivity index (χ0) is 19.9. The number of para-hydroxylation sites is 1. The van der Waals surface area contributed by atoms with E-state index in [1.807, 2.05) is 24.3 Å². The number of likely N-dealkylation sites (tertiary alicyclic amines) is 1. The molecule has 1 saturated heterocycles. The van der Waals surface area contributed by atoms with E-state index in [2.05, 4.69) is 5.10 Å². The molecule has 4 rings (SSSR count). The van der Waals surface area contributed by atoms with Crippen LogP contribution in [-0.4, -0.2) is 56.6 Å². The summed E-state index contributed by atoms with van der Waals surface area (Å²) in [6.07, 6.45) is 3.17. The maximum absolute atomic E-state index is 13.0. The third-order valence-corrected chi connectivity index (χ3v) is 5.67. The Morgan fingerprint density at radius 1 is 1.21 bits per heavy atom. The van der Waals surface area contributed by atoms with Crippen LogP contribution >= 0.6 is 11.6 Å². The molecule has 148 valence electrons. The topological polar surface area (TPSA) is 67.7 Å². The Kier molecular flexibility index (Phi) is 4.79. The Hall–Kier alpha value is -2.54. The lowest BCUT2D eigenvalue weighted by Crippen LogP contribution is -2.58. The van der Waals surface area contributed by atoms with Crippen molar-refractivity contribution in [3.63, 3.8) is 0 Å². The first-order chi connectivity index (χ1) is 13.4. The molecule has 2 aliphatic rings. The average Bonchev–Trinajstić information content (AvgIpc) is 2.91. The summed E-state index contributed by atoms with van der Waals surface area (Å²) in [7, 11) is 1.73. The summed E-state index contributed by atoms with van der Waals surface area (Å²) in [4.78, 5) is 28.8. The minimum Gasteiger partial charge on any atom is -0.483 e. The van der Waals surface area contributed by atoms with E-state index in [9.17, 15) is 9.59 Å². The van der Waals surface area contributed by atoms with Crippen molar-refractivity contribution in [2.24, 2.45) is 7.05 Å². The molecule has 1 fully saturated rings. The normalized spacial score (nSPS) is 21.8. The van der Waals surface area contributed by atoms with Crippen LogP contribution in [0.25, 0.3) is 0 Å². The smallest absolute Gasteiger partial charge is 0.276 e. The number of carbonyl (C=O) groups is 2. The lowest BCUT2D eigenvalue weighted by Gasteiger charge is -2.43. The lowest BCUT2D eigenvalue weighted by molar-refractivity contribution is -0.132. The van der Waals surface area contributed by atoms with Crippen LogP contribution in [0.15, 0.2) is 30.5 Å². The molecule has 3 heterocycles. The van der Waals surface area contributed by atoms with Gasteiger partial charge in [0.15, 0.2) is 5.69 Å². The van der Waals surface area contributed by atoms with Gasteiger partial charge in [-0.2, -0.15) is 5.10 Å². The van der Waals surface area contributed by atoms with Crippen molar-refractivity contribution >= 4 is 23.4 Å². The molecule has 1 spiro atoms. The third kappa shape index (κ3) is 3.46. The van der Waals surface area contributed by atoms with E-state index >= 15 is 0 Å². The molecule has 8 heteroatoms. The van der Waals surface area contributed by atoms with Crippen molar-refractivity contribution in [1.82, 2.24) is 19.6 Å². The summed E-state index contributed by atoms with van der Waals surface area (Å²) in [6.45, 7) is 3.51. The van der Waals surface area contributed by atoms with E-state index in [4.69, 9.17) is 16.3 Å². The Bertz CT molecular complexity index is 928. The highest BCUT2D eigenvalue weighted by molar-refractivity contribution is 6.33. The van der Waals surface area contributed by atoms with Gasteiger partial charge in [-0.05, 0) is 18.9 Å². The van der Waals surface area contributed by atoms with Gasteiger partial charge in [0.1, 0.15) is 11.4 Å². The molecule has 28 heavy (non-hydrogen) atoms. The van der Waals surface area contributed by atoms with Gasteiger partial charge in [-0.25, -0.2) is 0 Å². The number of nitrogens with zero attached hydrogens (tertiary/aromatic N) is 4. The van der Waals surface area contributed by atoms with Gasteiger partial charge in [0, 0.05) is 38.8 Å². The molecular formula is C20H23ClN4O3. The number of halogens is 1. The van der Waals surface area contributed by atoms with Crippen molar-refractivity contribution in [3.8, 4) is 5.75 Å². The number of ether oxygens (including phenoxy) is 1. The molecule has 1 aromatic carbocycles. The third-order valence-electron chi connectivity index (χ3n) is 5.40. The van der Waals surface area contributed by atoms with Gasteiger partial charge in [0.25, 0.3) is 5.91 Å². The van der Waals surface area contributed by atoms with Gasteiger partial charge in [0.05, 0.1) is 18.1 Å². The fourth-order valence-corrected chi connectivity index (χ4v) is 4.33. The van der Waals surface area contributed by atoms with Gasteiger partial charge in [-0.3, -0.25) is 14.3 Å². The first-order valence-corrected chi connectivity index (χ1v) is 9.75. The molecule has 2 aromatic rings. The van der Waals surface area contributed by atoms with Crippen molar-refractivity contribution in [1.29, 1.82) is 0 Å². The summed E-state index contributed by atoms with van der Waals surface area (Å²) in [5.41, 5.74) is 0.581. The fraction of sp³-hybridized carbons (Fsp3) is 0.450. The molecule has 0 bridgehead atoms. The molecule has 2 aliphatic heterocycles. The minimum absolute atomic E-state index is 0.00380. The number of aromatic nitrogens is 2. The Morgan fingerprint density at radius 3 is 2.68 bits per heavy atom. The van der Waals surface area contributed by atoms with E-state index in [0.717, 1.165) is 24.2 Å². The number of piperidine rings is 1. The second-order valence-corrected chi connectivity index (χ2v) is 8.00. The second kappa shape index (κ2) is 7.13. The van der Waals surface area contributed by atoms with Crippen LogP contribution in [0.3, 0.4) is 0 Å². The Morgan fingerprint density at radius 2 is 1.96 bits per heavy atom. The van der Waals surface area contributed by atoms with Crippen LogP contribution < -0.4 is 4.74 Å².